The molecule has 0 radical (unpaired) electrons. The number of benzene rings is 1. The molecular formula is C15H16N2O2. The number of carbonyl (C=O) groups excluding carboxylic acids is 1. The van der Waals surface area contributed by atoms with E-state index in [1.165, 1.54) is 6.26 Å². The largest absolute Gasteiger partial charge is 0.459 e. The number of carbonyl (C=O) groups is 1. The predicted octanol–water partition coefficient (Wildman–Crippen LogP) is 3.21. The standard InChI is InChI=1S/C15H16N2O2/c1-2-7-13(12-8-4-3-5-9-12)16-17-15(18)14-10-6-11-19-14/h3-6,8-11H,2,7H2,1H3,(H,17,18)/b16-13-. The van der Waals surface area contributed by atoms with Gasteiger partial charge >= 0.3 is 5.91 Å². The SMILES string of the molecule is CCC/C(=N/NC(=O)c1ccco1)c1ccccc1. The number of hydrogen-bond acceptors (Lipinski definition) is 3. The number of nitrogens with zero attached hydrogens (tertiary/aromatic N) is 1. The maximum Gasteiger partial charge on any atom is 0.307 e. The van der Waals surface area contributed by atoms with Gasteiger partial charge in [-0.05, 0) is 24.1 Å². The summed E-state index contributed by atoms with van der Waals surface area (Å²) in [6.45, 7) is 2.08. The van der Waals surface area contributed by atoms with E-state index in [1.54, 1.807) is 12.1 Å². The van der Waals surface area contributed by atoms with E-state index in [9.17, 15) is 4.79 Å². The second kappa shape index (κ2) is 6.54. The second-order valence-electron chi connectivity index (χ2n) is 4.09. The molecule has 4 nitrogen and oxygen atoms in total. The Hall–Kier alpha value is -2.36. The van der Waals surface area contributed by atoms with Crippen LogP contribution in [-0.4, -0.2) is 11.6 Å². The van der Waals surface area contributed by atoms with Crippen LogP contribution in [0.15, 0.2) is 58.2 Å². The molecule has 0 saturated carbocycles. The van der Waals surface area contributed by atoms with Crippen molar-refractivity contribution in [2.45, 2.75) is 19.8 Å². The Morgan fingerprint density at radius 1 is 1.21 bits per heavy atom. The summed E-state index contributed by atoms with van der Waals surface area (Å²) in [7, 11) is 0. The van der Waals surface area contributed by atoms with Gasteiger partial charge in [-0.1, -0.05) is 43.7 Å². The maximum absolute atomic E-state index is 11.7. The summed E-state index contributed by atoms with van der Waals surface area (Å²) in [6, 6.07) is 13.1. The van der Waals surface area contributed by atoms with E-state index in [0.29, 0.717) is 0 Å². The molecule has 1 N–H and O–H groups in total. The van der Waals surface area contributed by atoms with Crippen molar-refractivity contribution in [1.29, 1.82) is 0 Å². The van der Waals surface area contributed by atoms with Gasteiger partial charge in [0.05, 0.1) is 12.0 Å². The van der Waals surface area contributed by atoms with Crippen molar-refractivity contribution >= 4 is 11.6 Å². The predicted molar refractivity (Wildman–Crippen MR) is 74.1 cm³/mol. The molecule has 4 heteroatoms. The van der Waals surface area contributed by atoms with Gasteiger partial charge in [0.15, 0.2) is 5.76 Å². The molecule has 0 atom stereocenters. The summed E-state index contributed by atoms with van der Waals surface area (Å²) in [5.41, 5.74) is 4.41. The van der Waals surface area contributed by atoms with Gasteiger partial charge < -0.3 is 4.42 Å². The van der Waals surface area contributed by atoms with E-state index in [1.807, 2.05) is 30.3 Å². The lowest BCUT2D eigenvalue weighted by Crippen LogP contribution is -2.19. The Morgan fingerprint density at radius 2 is 2.00 bits per heavy atom. The van der Waals surface area contributed by atoms with E-state index in [2.05, 4.69) is 17.5 Å². The van der Waals surface area contributed by atoms with Crippen LogP contribution in [0.2, 0.25) is 0 Å². The summed E-state index contributed by atoms with van der Waals surface area (Å²) in [4.78, 5) is 11.7. The summed E-state index contributed by atoms with van der Waals surface area (Å²) >= 11 is 0. The Bertz CT molecular complexity index is 545. The van der Waals surface area contributed by atoms with E-state index >= 15 is 0 Å². The average molecular weight is 256 g/mol. The van der Waals surface area contributed by atoms with Gasteiger partial charge in [-0.15, -0.1) is 0 Å². The Kier molecular flexibility index (Phi) is 4.50. The fourth-order valence-corrected chi connectivity index (χ4v) is 1.71. The van der Waals surface area contributed by atoms with Crippen molar-refractivity contribution in [2.24, 2.45) is 5.10 Å². The van der Waals surface area contributed by atoms with E-state index in [0.717, 1.165) is 24.1 Å². The highest BCUT2D eigenvalue weighted by Gasteiger charge is 2.08. The topological polar surface area (TPSA) is 54.6 Å². The van der Waals surface area contributed by atoms with Crippen LogP contribution in [0.5, 0.6) is 0 Å². The Balaban J connectivity index is 2.11. The maximum atomic E-state index is 11.7. The molecular weight excluding hydrogens is 240 g/mol. The molecule has 0 bridgehead atoms. The first kappa shape index (κ1) is 13.1. The molecule has 2 rings (SSSR count). The fraction of sp³-hybridized carbons (Fsp3) is 0.200. The first-order valence-corrected chi connectivity index (χ1v) is 6.27. The molecule has 19 heavy (non-hydrogen) atoms. The summed E-state index contributed by atoms with van der Waals surface area (Å²) < 4.78 is 5.01. The van der Waals surface area contributed by atoms with Gasteiger partial charge in [-0.3, -0.25) is 4.79 Å². The minimum Gasteiger partial charge on any atom is -0.459 e. The highest BCUT2D eigenvalue weighted by Crippen LogP contribution is 2.06. The van der Waals surface area contributed by atoms with Crippen molar-refractivity contribution in [2.75, 3.05) is 0 Å². The number of nitrogens with one attached hydrogen (secondary N) is 1. The Morgan fingerprint density at radius 3 is 2.63 bits per heavy atom. The highest BCUT2D eigenvalue weighted by molar-refractivity contribution is 6.01. The number of amides is 1. The van der Waals surface area contributed by atoms with Crippen LogP contribution >= 0.6 is 0 Å². The third-order valence-electron chi connectivity index (χ3n) is 2.63. The molecule has 0 aliphatic heterocycles. The van der Waals surface area contributed by atoms with Crippen molar-refractivity contribution in [3.63, 3.8) is 0 Å². The molecule has 0 aliphatic rings. The molecule has 0 saturated heterocycles. The summed E-state index contributed by atoms with van der Waals surface area (Å²) in [5.74, 6) is -0.0813. The van der Waals surface area contributed by atoms with Crippen LogP contribution in [0.1, 0.15) is 35.9 Å². The molecule has 0 aliphatic carbocycles. The van der Waals surface area contributed by atoms with Crippen LogP contribution in [0.25, 0.3) is 0 Å². The van der Waals surface area contributed by atoms with Crippen molar-refractivity contribution < 1.29 is 9.21 Å². The fourth-order valence-electron chi connectivity index (χ4n) is 1.71. The lowest BCUT2D eigenvalue weighted by molar-refractivity contribution is 0.0927. The van der Waals surface area contributed by atoms with Gasteiger partial charge in [-0.25, -0.2) is 5.43 Å². The van der Waals surface area contributed by atoms with E-state index < -0.39 is 0 Å². The monoisotopic (exact) mass is 256 g/mol. The molecule has 0 unspecified atom stereocenters. The van der Waals surface area contributed by atoms with Gasteiger partial charge in [0.2, 0.25) is 0 Å². The minimum atomic E-state index is -0.338. The molecule has 98 valence electrons. The lowest BCUT2D eigenvalue weighted by Gasteiger charge is -2.05. The van der Waals surface area contributed by atoms with Gasteiger partial charge in [-0.2, -0.15) is 5.10 Å². The molecule has 0 spiro atoms. The van der Waals surface area contributed by atoms with Crippen molar-refractivity contribution in [3.05, 3.63) is 60.1 Å². The smallest absolute Gasteiger partial charge is 0.307 e. The lowest BCUT2D eigenvalue weighted by atomic mass is 10.1. The van der Waals surface area contributed by atoms with Crippen LogP contribution < -0.4 is 5.43 Å². The van der Waals surface area contributed by atoms with Crippen molar-refractivity contribution in [1.82, 2.24) is 5.43 Å². The van der Waals surface area contributed by atoms with Gasteiger partial charge in [0.1, 0.15) is 0 Å². The van der Waals surface area contributed by atoms with Crippen LogP contribution in [-0.2, 0) is 0 Å². The number of rotatable bonds is 5. The third-order valence-corrected chi connectivity index (χ3v) is 2.63. The molecule has 1 amide bonds. The van der Waals surface area contributed by atoms with Crippen LogP contribution in [0, 0.1) is 0 Å². The zero-order valence-corrected chi connectivity index (χ0v) is 10.8. The average Bonchev–Trinajstić information content (AvgIpc) is 2.98. The van der Waals surface area contributed by atoms with E-state index in [4.69, 9.17) is 4.42 Å². The molecule has 1 aromatic heterocycles. The second-order valence-corrected chi connectivity index (χ2v) is 4.09. The molecule has 2 aromatic rings. The highest BCUT2D eigenvalue weighted by atomic mass is 16.3. The van der Waals surface area contributed by atoms with Gasteiger partial charge in [0, 0.05) is 0 Å². The van der Waals surface area contributed by atoms with Crippen LogP contribution in [0.4, 0.5) is 0 Å². The summed E-state index contributed by atoms with van der Waals surface area (Å²) in [6.07, 6.45) is 3.23. The minimum absolute atomic E-state index is 0.257. The van der Waals surface area contributed by atoms with E-state index in [-0.39, 0.29) is 11.7 Å². The molecule has 1 heterocycles. The zero-order valence-electron chi connectivity index (χ0n) is 10.8. The number of hydrogen-bond donors (Lipinski definition) is 1. The molecule has 0 fully saturated rings. The first-order valence-electron chi connectivity index (χ1n) is 6.27. The quantitative estimate of drug-likeness (QED) is 0.659. The first-order chi connectivity index (χ1) is 9.31. The van der Waals surface area contributed by atoms with Gasteiger partial charge in [0.25, 0.3) is 0 Å². The normalized spacial score (nSPS) is 11.3. The Labute approximate surface area is 112 Å². The van der Waals surface area contributed by atoms with Crippen molar-refractivity contribution in [3.8, 4) is 0 Å². The molecule has 1 aromatic carbocycles. The number of hydrazone groups is 1. The zero-order chi connectivity index (χ0) is 13.5. The summed E-state index contributed by atoms with van der Waals surface area (Å²) in [5, 5.41) is 4.20. The third kappa shape index (κ3) is 3.55. The van der Waals surface area contributed by atoms with Crippen LogP contribution in [0.3, 0.4) is 0 Å². The number of furan rings is 1.